The maximum absolute atomic E-state index is 11.9. The van der Waals surface area contributed by atoms with Crippen LogP contribution in [0.3, 0.4) is 0 Å². The van der Waals surface area contributed by atoms with E-state index in [4.69, 9.17) is 9.47 Å². The Morgan fingerprint density at radius 3 is 2.39 bits per heavy atom. The van der Waals surface area contributed by atoms with E-state index in [0.717, 1.165) is 6.26 Å². The number of hydrogen-bond donors (Lipinski definition) is 1. The Balaban J connectivity index is 2.51. The average Bonchev–Trinajstić information content (AvgIpc) is 2.52. The van der Waals surface area contributed by atoms with Crippen LogP contribution < -0.4 is 15.0 Å². The third-order valence-corrected chi connectivity index (χ3v) is 4.12. The molecule has 1 aromatic heterocycles. The molecule has 8 heteroatoms. The molecule has 7 nitrogen and oxygen atoms in total. The lowest BCUT2D eigenvalue weighted by Crippen LogP contribution is -2.05. The molecule has 1 heterocycles. The van der Waals surface area contributed by atoms with Gasteiger partial charge >= 0.3 is 0 Å². The van der Waals surface area contributed by atoms with Gasteiger partial charge in [0.1, 0.15) is 4.90 Å². The first kappa shape index (κ1) is 16.8. The number of sulfone groups is 1. The van der Waals surface area contributed by atoms with E-state index in [9.17, 15) is 13.2 Å². The zero-order valence-electron chi connectivity index (χ0n) is 12.9. The number of ether oxygens (including phenoxy) is 2. The number of aromatic amines is 1. The van der Waals surface area contributed by atoms with E-state index in [0.29, 0.717) is 17.0 Å². The highest BCUT2D eigenvalue weighted by Crippen LogP contribution is 2.36. The standard InChI is InChI=1S/C15H16N2O5S/c1-21-12-8-10(4-5-11-6-7-14(18)17-16-11)9-13(15(12)22-2)23(3,19)20/h4-9H,1-3H3,(H,17,18). The van der Waals surface area contributed by atoms with Crippen LogP contribution >= 0.6 is 0 Å². The van der Waals surface area contributed by atoms with Crippen molar-refractivity contribution in [3.8, 4) is 11.5 Å². The van der Waals surface area contributed by atoms with E-state index in [2.05, 4.69) is 10.2 Å². The third-order valence-electron chi connectivity index (χ3n) is 3.01. The normalized spacial score (nSPS) is 11.6. The first-order valence-corrected chi connectivity index (χ1v) is 8.44. The van der Waals surface area contributed by atoms with Gasteiger partial charge in [0.25, 0.3) is 5.56 Å². The molecule has 0 aliphatic rings. The van der Waals surface area contributed by atoms with Crippen LogP contribution in [0.2, 0.25) is 0 Å². The van der Waals surface area contributed by atoms with Crippen molar-refractivity contribution in [2.24, 2.45) is 0 Å². The summed E-state index contributed by atoms with van der Waals surface area (Å²) < 4.78 is 34.2. The highest BCUT2D eigenvalue weighted by Gasteiger charge is 2.19. The van der Waals surface area contributed by atoms with E-state index in [-0.39, 0.29) is 16.2 Å². The summed E-state index contributed by atoms with van der Waals surface area (Å²) in [6.45, 7) is 0. The summed E-state index contributed by atoms with van der Waals surface area (Å²) in [6.07, 6.45) is 4.40. The highest BCUT2D eigenvalue weighted by atomic mass is 32.2. The fraction of sp³-hybridized carbons (Fsp3) is 0.200. The molecular formula is C15H16N2O5S. The monoisotopic (exact) mass is 336 g/mol. The lowest BCUT2D eigenvalue weighted by atomic mass is 10.1. The molecule has 1 N–H and O–H groups in total. The second-order valence-corrected chi connectivity index (χ2v) is 6.69. The second kappa shape index (κ2) is 6.66. The summed E-state index contributed by atoms with van der Waals surface area (Å²) in [4.78, 5) is 11.0. The van der Waals surface area contributed by atoms with Crippen LogP contribution in [-0.2, 0) is 9.84 Å². The number of benzene rings is 1. The van der Waals surface area contributed by atoms with Crippen molar-refractivity contribution in [3.63, 3.8) is 0 Å². The number of nitrogens with zero attached hydrogens (tertiary/aromatic N) is 1. The molecule has 2 aromatic rings. The average molecular weight is 336 g/mol. The van der Waals surface area contributed by atoms with Gasteiger partial charge in [-0.05, 0) is 29.8 Å². The number of H-pyrrole nitrogens is 1. The SMILES string of the molecule is COc1cc(C=Cc2ccc(=O)[nH]n2)cc(S(C)(=O)=O)c1OC. The molecule has 0 amide bonds. The van der Waals surface area contributed by atoms with Gasteiger partial charge in [-0.1, -0.05) is 6.08 Å². The zero-order valence-corrected chi connectivity index (χ0v) is 13.7. The fourth-order valence-electron chi connectivity index (χ4n) is 1.95. The third kappa shape index (κ3) is 3.98. The number of methoxy groups -OCH3 is 2. The number of hydrogen-bond acceptors (Lipinski definition) is 6. The molecule has 0 aliphatic carbocycles. The van der Waals surface area contributed by atoms with Crippen LogP contribution in [0, 0.1) is 0 Å². The number of rotatable bonds is 5. The van der Waals surface area contributed by atoms with Gasteiger partial charge < -0.3 is 9.47 Å². The Morgan fingerprint density at radius 1 is 1.13 bits per heavy atom. The van der Waals surface area contributed by atoms with Gasteiger partial charge in [-0.2, -0.15) is 5.10 Å². The number of nitrogens with one attached hydrogen (secondary N) is 1. The maximum Gasteiger partial charge on any atom is 0.264 e. The van der Waals surface area contributed by atoms with Gasteiger partial charge in [0, 0.05) is 12.3 Å². The minimum atomic E-state index is -3.49. The van der Waals surface area contributed by atoms with Gasteiger partial charge in [0.05, 0.1) is 19.9 Å². The summed E-state index contributed by atoms with van der Waals surface area (Å²) in [7, 11) is -0.679. The van der Waals surface area contributed by atoms with Crippen molar-refractivity contribution in [2.45, 2.75) is 4.90 Å². The number of aromatic nitrogens is 2. The van der Waals surface area contributed by atoms with Crippen LogP contribution in [0.15, 0.2) is 34.0 Å². The van der Waals surface area contributed by atoms with E-state index >= 15 is 0 Å². The molecule has 0 spiro atoms. The van der Waals surface area contributed by atoms with E-state index in [1.807, 2.05) is 0 Å². The summed E-state index contributed by atoms with van der Waals surface area (Å²) in [6, 6.07) is 6.03. The molecule has 0 atom stereocenters. The van der Waals surface area contributed by atoms with E-state index < -0.39 is 9.84 Å². The molecule has 0 fully saturated rings. The summed E-state index contributed by atoms with van der Waals surface area (Å²) in [5.41, 5.74) is 0.823. The molecule has 122 valence electrons. The van der Waals surface area contributed by atoms with Gasteiger partial charge in [0.15, 0.2) is 21.3 Å². The molecule has 0 radical (unpaired) electrons. The van der Waals surface area contributed by atoms with Crippen molar-refractivity contribution < 1.29 is 17.9 Å². The second-order valence-electron chi connectivity index (χ2n) is 4.71. The summed E-state index contributed by atoms with van der Waals surface area (Å²) >= 11 is 0. The smallest absolute Gasteiger partial charge is 0.264 e. The highest BCUT2D eigenvalue weighted by molar-refractivity contribution is 7.90. The van der Waals surface area contributed by atoms with E-state index in [1.54, 1.807) is 24.3 Å². The van der Waals surface area contributed by atoms with Gasteiger partial charge in [0.2, 0.25) is 0 Å². The topological polar surface area (TPSA) is 98.4 Å². The van der Waals surface area contributed by atoms with E-state index in [1.165, 1.54) is 26.4 Å². The Labute approximate surface area is 133 Å². The lowest BCUT2D eigenvalue weighted by molar-refractivity contribution is 0.347. The van der Waals surface area contributed by atoms with Crippen molar-refractivity contribution in [2.75, 3.05) is 20.5 Å². The predicted molar refractivity (Wildman–Crippen MR) is 86.4 cm³/mol. The molecule has 23 heavy (non-hydrogen) atoms. The maximum atomic E-state index is 11.9. The van der Waals surface area contributed by atoms with Crippen LogP contribution in [0.25, 0.3) is 12.2 Å². The van der Waals surface area contributed by atoms with Crippen molar-refractivity contribution in [1.82, 2.24) is 10.2 Å². The first-order chi connectivity index (χ1) is 10.8. The predicted octanol–water partition coefficient (Wildman–Crippen LogP) is 1.36. The van der Waals surface area contributed by atoms with Gasteiger partial charge in [-0.3, -0.25) is 4.79 Å². The molecule has 2 rings (SSSR count). The van der Waals surface area contributed by atoms with Crippen molar-refractivity contribution in [1.29, 1.82) is 0 Å². The van der Waals surface area contributed by atoms with Crippen LogP contribution in [0.5, 0.6) is 11.5 Å². The minimum Gasteiger partial charge on any atom is -0.493 e. The molecule has 1 aromatic carbocycles. The van der Waals surface area contributed by atoms with Crippen LogP contribution in [0.4, 0.5) is 0 Å². The molecule has 0 saturated carbocycles. The summed E-state index contributed by atoms with van der Waals surface area (Å²) in [5.74, 6) is 0.471. The molecular weight excluding hydrogens is 320 g/mol. The summed E-state index contributed by atoms with van der Waals surface area (Å²) in [5, 5.41) is 6.16. The lowest BCUT2D eigenvalue weighted by Gasteiger charge is -2.12. The van der Waals surface area contributed by atoms with Crippen molar-refractivity contribution >= 4 is 22.0 Å². The molecule has 0 unspecified atom stereocenters. The Kier molecular flexibility index (Phi) is 4.85. The van der Waals surface area contributed by atoms with Crippen LogP contribution in [-0.4, -0.2) is 39.1 Å². The largest absolute Gasteiger partial charge is 0.493 e. The quantitative estimate of drug-likeness (QED) is 0.885. The van der Waals surface area contributed by atoms with Gasteiger partial charge in [-0.25, -0.2) is 13.5 Å². The first-order valence-electron chi connectivity index (χ1n) is 6.55. The fourth-order valence-corrected chi connectivity index (χ4v) is 2.82. The Hall–Kier alpha value is -2.61. The molecule has 0 bridgehead atoms. The Morgan fingerprint density at radius 2 is 1.87 bits per heavy atom. The molecule has 0 aliphatic heterocycles. The molecule has 0 saturated heterocycles. The van der Waals surface area contributed by atoms with Gasteiger partial charge in [-0.15, -0.1) is 0 Å². The zero-order chi connectivity index (χ0) is 17.0. The minimum absolute atomic E-state index is 0.0356. The van der Waals surface area contributed by atoms with Crippen molar-refractivity contribution in [3.05, 3.63) is 45.9 Å². The Bertz CT molecular complexity index is 880. The van der Waals surface area contributed by atoms with Crippen LogP contribution in [0.1, 0.15) is 11.3 Å².